The zero-order chi connectivity index (χ0) is 24.7. The van der Waals surface area contributed by atoms with Gasteiger partial charge in [0.15, 0.2) is 5.78 Å². The Hall–Kier alpha value is -4.05. The number of nitrogens with zero attached hydrogens (tertiary/aromatic N) is 1. The summed E-state index contributed by atoms with van der Waals surface area (Å²) in [6.07, 6.45) is 0.651. The van der Waals surface area contributed by atoms with Gasteiger partial charge in [0.1, 0.15) is 0 Å². The molecule has 0 spiro atoms. The molecule has 0 unspecified atom stereocenters. The van der Waals surface area contributed by atoms with Crippen LogP contribution >= 0.6 is 0 Å². The highest BCUT2D eigenvalue weighted by Crippen LogP contribution is 2.19. The van der Waals surface area contributed by atoms with Crippen LogP contribution in [0.5, 0.6) is 0 Å². The van der Waals surface area contributed by atoms with E-state index in [2.05, 4.69) is 10.6 Å². The van der Waals surface area contributed by atoms with E-state index >= 15 is 0 Å². The predicted octanol–water partition coefficient (Wildman–Crippen LogP) is 1.36. The Morgan fingerprint density at radius 1 is 0.788 bits per heavy atom. The van der Waals surface area contributed by atoms with Crippen molar-refractivity contribution in [3.05, 3.63) is 69.8 Å². The fourth-order valence-electron chi connectivity index (χ4n) is 3.11. The minimum atomic E-state index is -1.33. The van der Waals surface area contributed by atoms with Crippen LogP contribution in [0.3, 0.4) is 0 Å². The average Bonchev–Trinajstić information content (AvgIpc) is 2.79. The van der Waals surface area contributed by atoms with E-state index in [1.54, 1.807) is 0 Å². The summed E-state index contributed by atoms with van der Waals surface area (Å²) in [6.45, 7) is 1.05. The Bertz CT molecular complexity index is 1110. The van der Waals surface area contributed by atoms with E-state index in [9.17, 15) is 34.2 Å². The van der Waals surface area contributed by atoms with Crippen LogP contribution in [0.25, 0.3) is 0 Å². The number of amides is 2. The topological polar surface area (TPSA) is 153 Å². The van der Waals surface area contributed by atoms with E-state index in [1.807, 2.05) is 19.0 Å². The number of benzene rings is 2. The molecule has 0 atom stereocenters. The van der Waals surface area contributed by atoms with Crippen molar-refractivity contribution in [1.29, 1.82) is 0 Å². The minimum absolute atomic E-state index is 0.0130. The SMILES string of the molecule is CNC(=O)c1cc(C(=O)c2ccc(C(=O)O)c(C(=O)NCCCN(C)C)c2)ccc1C(=O)O. The van der Waals surface area contributed by atoms with Gasteiger partial charge in [-0.25, -0.2) is 9.59 Å². The smallest absolute Gasteiger partial charge is 0.336 e. The number of rotatable bonds is 10. The van der Waals surface area contributed by atoms with Crippen LogP contribution in [0.2, 0.25) is 0 Å². The number of ketones is 1. The van der Waals surface area contributed by atoms with Crippen molar-refractivity contribution in [3.63, 3.8) is 0 Å². The Morgan fingerprint density at radius 3 is 1.70 bits per heavy atom. The molecule has 33 heavy (non-hydrogen) atoms. The van der Waals surface area contributed by atoms with E-state index in [4.69, 9.17) is 0 Å². The van der Waals surface area contributed by atoms with Crippen LogP contribution in [0.4, 0.5) is 0 Å². The summed E-state index contributed by atoms with van der Waals surface area (Å²) in [5, 5.41) is 23.7. The van der Waals surface area contributed by atoms with Gasteiger partial charge in [0.2, 0.25) is 0 Å². The van der Waals surface area contributed by atoms with Gasteiger partial charge in [0.05, 0.1) is 22.3 Å². The molecule has 0 aliphatic heterocycles. The third kappa shape index (κ3) is 6.23. The normalized spacial score (nSPS) is 10.5. The van der Waals surface area contributed by atoms with E-state index in [0.29, 0.717) is 13.0 Å². The number of aromatic carboxylic acids is 2. The Labute approximate surface area is 190 Å². The molecule has 0 radical (unpaired) electrons. The summed E-state index contributed by atoms with van der Waals surface area (Å²) in [7, 11) is 5.10. The van der Waals surface area contributed by atoms with E-state index in [0.717, 1.165) is 24.7 Å². The van der Waals surface area contributed by atoms with Gasteiger partial charge in [0, 0.05) is 24.7 Å². The van der Waals surface area contributed by atoms with Crippen molar-refractivity contribution < 1.29 is 34.2 Å². The van der Waals surface area contributed by atoms with Crippen molar-refractivity contribution in [1.82, 2.24) is 15.5 Å². The number of carboxylic acid groups (broad SMARTS) is 2. The fourth-order valence-corrected chi connectivity index (χ4v) is 3.11. The van der Waals surface area contributed by atoms with Crippen LogP contribution in [-0.4, -0.2) is 78.9 Å². The van der Waals surface area contributed by atoms with Gasteiger partial charge >= 0.3 is 11.9 Å². The molecule has 0 aliphatic rings. The molecule has 0 fully saturated rings. The zero-order valence-electron chi connectivity index (χ0n) is 18.5. The van der Waals surface area contributed by atoms with Crippen molar-refractivity contribution in [3.8, 4) is 0 Å². The second kappa shape index (κ2) is 11.0. The first-order valence-corrected chi connectivity index (χ1v) is 10.0. The van der Waals surface area contributed by atoms with Crippen molar-refractivity contribution in [2.75, 3.05) is 34.2 Å². The molecule has 0 saturated carbocycles. The van der Waals surface area contributed by atoms with Crippen LogP contribution in [0.1, 0.15) is 63.8 Å². The van der Waals surface area contributed by atoms with Gasteiger partial charge in [-0.3, -0.25) is 14.4 Å². The first kappa shape index (κ1) is 25.2. The number of carbonyl (C=O) groups is 5. The Morgan fingerprint density at radius 2 is 1.27 bits per heavy atom. The highest BCUT2D eigenvalue weighted by molar-refractivity contribution is 6.14. The van der Waals surface area contributed by atoms with Crippen LogP contribution in [0.15, 0.2) is 36.4 Å². The summed E-state index contributed by atoms with van der Waals surface area (Å²) >= 11 is 0. The fraction of sp³-hybridized carbons (Fsp3) is 0.261. The zero-order valence-corrected chi connectivity index (χ0v) is 18.5. The predicted molar refractivity (Wildman–Crippen MR) is 119 cm³/mol. The van der Waals surface area contributed by atoms with Crippen molar-refractivity contribution in [2.45, 2.75) is 6.42 Å². The molecule has 10 heteroatoms. The van der Waals surface area contributed by atoms with Gasteiger partial charge in [-0.1, -0.05) is 12.1 Å². The lowest BCUT2D eigenvalue weighted by Gasteiger charge is -2.12. The summed E-state index contributed by atoms with van der Waals surface area (Å²) in [5.41, 5.74) is -0.874. The molecule has 10 nitrogen and oxygen atoms in total. The monoisotopic (exact) mass is 455 g/mol. The van der Waals surface area contributed by atoms with Crippen molar-refractivity contribution >= 4 is 29.5 Å². The molecule has 2 aromatic rings. The number of hydrogen-bond acceptors (Lipinski definition) is 6. The van der Waals surface area contributed by atoms with Gasteiger partial charge in [0.25, 0.3) is 11.8 Å². The van der Waals surface area contributed by atoms with Crippen LogP contribution in [0, 0.1) is 0 Å². The van der Waals surface area contributed by atoms with E-state index in [-0.39, 0.29) is 33.4 Å². The molecule has 0 bridgehead atoms. The first-order chi connectivity index (χ1) is 15.6. The molecule has 0 aromatic heterocycles. The molecule has 4 N–H and O–H groups in total. The summed E-state index contributed by atoms with van der Waals surface area (Å²) < 4.78 is 0. The molecule has 0 heterocycles. The molecular formula is C23H25N3O7. The molecule has 0 saturated heterocycles. The van der Waals surface area contributed by atoms with Gasteiger partial charge < -0.3 is 25.7 Å². The summed E-state index contributed by atoms with van der Waals surface area (Å²) in [4.78, 5) is 62.6. The third-order valence-electron chi connectivity index (χ3n) is 4.81. The quantitative estimate of drug-likeness (QED) is 0.309. The maximum Gasteiger partial charge on any atom is 0.336 e. The average molecular weight is 455 g/mol. The highest BCUT2D eigenvalue weighted by atomic mass is 16.4. The Kier molecular flexibility index (Phi) is 8.41. The standard InChI is InChI=1S/C23H25N3O7/c1-24-20(28)17-11-13(5-7-15(17)22(30)31)19(27)14-6-8-16(23(32)33)18(12-14)21(29)25-9-4-10-26(2)3/h5-8,11-12H,4,9-10H2,1-3H3,(H,24,28)(H,25,29)(H,30,31)(H,32,33). The molecule has 2 rings (SSSR count). The largest absolute Gasteiger partial charge is 0.478 e. The highest BCUT2D eigenvalue weighted by Gasteiger charge is 2.22. The summed E-state index contributed by atoms with van der Waals surface area (Å²) in [5.74, 6) is -4.56. The van der Waals surface area contributed by atoms with Gasteiger partial charge in [-0.05, 0) is 51.3 Å². The molecule has 174 valence electrons. The van der Waals surface area contributed by atoms with E-state index in [1.165, 1.54) is 25.2 Å². The number of hydrogen-bond donors (Lipinski definition) is 4. The lowest BCUT2D eigenvalue weighted by atomic mass is 9.95. The number of carboxylic acids is 2. The van der Waals surface area contributed by atoms with E-state index < -0.39 is 29.5 Å². The third-order valence-corrected chi connectivity index (χ3v) is 4.81. The Balaban J connectivity index is 2.40. The first-order valence-electron chi connectivity index (χ1n) is 10.0. The van der Waals surface area contributed by atoms with Crippen molar-refractivity contribution in [2.24, 2.45) is 0 Å². The maximum atomic E-state index is 13.0. The second-order valence-electron chi connectivity index (χ2n) is 7.45. The number of carbonyl (C=O) groups excluding carboxylic acids is 3. The van der Waals surface area contributed by atoms with Crippen LogP contribution < -0.4 is 10.6 Å². The maximum absolute atomic E-state index is 13.0. The molecular weight excluding hydrogens is 430 g/mol. The van der Waals surface area contributed by atoms with Gasteiger partial charge in [-0.2, -0.15) is 0 Å². The molecule has 2 aromatic carbocycles. The lowest BCUT2D eigenvalue weighted by molar-refractivity contribution is 0.0682. The number of nitrogens with one attached hydrogen (secondary N) is 2. The molecule has 0 aliphatic carbocycles. The lowest BCUT2D eigenvalue weighted by Crippen LogP contribution is -2.28. The second-order valence-corrected chi connectivity index (χ2v) is 7.45. The summed E-state index contributed by atoms with van der Waals surface area (Å²) in [6, 6.07) is 7.15. The molecule has 2 amide bonds. The van der Waals surface area contributed by atoms with Gasteiger partial charge in [-0.15, -0.1) is 0 Å². The minimum Gasteiger partial charge on any atom is -0.478 e. The van der Waals surface area contributed by atoms with Crippen LogP contribution in [-0.2, 0) is 0 Å².